The van der Waals surface area contributed by atoms with Gasteiger partial charge in [-0.05, 0) is 42.7 Å². The number of methoxy groups -OCH3 is 1. The van der Waals surface area contributed by atoms with E-state index in [-0.39, 0.29) is 5.91 Å². The summed E-state index contributed by atoms with van der Waals surface area (Å²) in [4.78, 5) is 12.1. The van der Waals surface area contributed by atoms with Crippen LogP contribution in [0.3, 0.4) is 0 Å². The van der Waals surface area contributed by atoms with E-state index in [9.17, 15) is 4.79 Å². The third-order valence-electron chi connectivity index (χ3n) is 4.37. The number of fused-ring (bicyclic) bond motifs is 1. The molecule has 4 nitrogen and oxygen atoms in total. The number of nitrogens with one attached hydrogen (secondary N) is 1. The minimum absolute atomic E-state index is 0.100. The van der Waals surface area contributed by atoms with Gasteiger partial charge in [0, 0.05) is 39.7 Å². The molecular formula is C22H22BrNO3. The molecule has 0 atom stereocenters. The molecule has 0 spiro atoms. The predicted octanol–water partition coefficient (Wildman–Crippen LogP) is 5.80. The minimum Gasteiger partial charge on any atom is -0.496 e. The highest BCUT2D eigenvalue weighted by Gasteiger charge is 2.15. The van der Waals surface area contributed by atoms with Crippen LogP contribution in [0.25, 0.3) is 27.7 Å². The molecule has 0 radical (unpaired) electrons. The second-order valence-electron chi connectivity index (χ2n) is 6.32. The summed E-state index contributed by atoms with van der Waals surface area (Å²) < 4.78 is 12.3. The van der Waals surface area contributed by atoms with Crippen LogP contribution in [0, 0.1) is 0 Å². The topological polar surface area (TPSA) is 51.5 Å². The monoisotopic (exact) mass is 427 g/mol. The Morgan fingerprint density at radius 3 is 2.67 bits per heavy atom. The molecule has 0 saturated heterocycles. The van der Waals surface area contributed by atoms with Crippen LogP contribution in [0.2, 0.25) is 0 Å². The number of halogens is 1. The van der Waals surface area contributed by atoms with Gasteiger partial charge in [-0.3, -0.25) is 4.79 Å². The van der Waals surface area contributed by atoms with Crippen LogP contribution in [-0.2, 0) is 4.79 Å². The summed E-state index contributed by atoms with van der Waals surface area (Å²) in [7, 11) is 1.62. The van der Waals surface area contributed by atoms with Gasteiger partial charge in [-0.2, -0.15) is 0 Å². The van der Waals surface area contributed by atoms with Crippen LogP contribution in [0.4, 0.5) is 0 Å². The van der Waals surface area contributed by atoms with Crippen LogP contribution in [0.1, 0.15) is 25.8 Å². The van der Waals surface area contributed by atoms with Crippen molar-refractivity contribution in [3.8, 4) is 16.9 Å². The van der Waals surface area contributed by atoms with Gasteiger partial charge in [-0.1, -0.05) is 35.0 Å². The average molecular weight is 428 g/mol. The zero-order valence-corrected chi connectivity index (χ0v) is 17.2. The molecule has 27 heavy (non-hydrogen) atoms. The molecule has 0 aliphatic carbocycles. The molecule has 3 aromatic rings. The third-order valence-corrected chi connectivity index (χ3v) is 4.90. The van der Waals surface area contributed by atoms with Gasteiger partial charge in [0.05, 0.1) is 13.4 Å². The van der Waals surface area contributed by atoms with Crippen molar-refractivity contribution in [2.45, 2.75) is 20.3 Å². The first-order valence-electron chi connectivity index (χ1n) is 8.85. The SMILES string of the molecule is CCCNC(=O)/C=C(\C)c1cc2c(-c3ccc(Br)cc3)coc2cc1OC. The second kappa shape index (κ2) is 8.44. The lowest BCUT2D eigenvalue weighted by Crippen LogP contribution is -2.21. The molecule has 5 heteroatoms. The Bertz CT molecular complexity index is 987. The number of carbonyl (C=O) groups excluding carboxylic acids is 1. The first-order chi connectivity index (χ1) is 13.0. The van der Waals surface area contributed by atoms with E-state index in [1.165, 1.54) is 0 Å². The number of carbonyl (C=O) groups is 1. The first kappa shape index (κ1) is 19.2. The lowest BCUT2D eigenvalue weighted by molar-refractivity contribution is -0.116. The molecule has 1 N–H and O–H groups in total. The molecule has 0 aliphatic heterocycles. The normalized spacial score (nSPS) is 11.6. The summed E-state index contributed by atoms with van der Waals surface area (Å²) in [5, 5.41) is 3.85. The van der Waals surface area contributed by atoms with Crippen molar-refractivity contribution in [3.05, 3.63) is 58.8 Å². The second-order valence-corrected chi connectivity index (χ2v) is 7.24. The van der Waals surface area contributed by atoms with Gasteiger partial charge in [0.1, 0.15) is 11.3 Å². The van der Waals surface area contributed by atoms with E-state index >= 15 is 0 Å². The van der Waals surface area contributed by atoms with Crippen LogP contribution >= 0.6 is 15.9 Å². The quantitative estimate of drug-likeness (QED) is 0.505. The van der Waals surface area contributed by atoms with E-state index < -0.39 is 0 Å². The van der Waals surface area contributed by atoms with Gasteiger partial charge in [0.2, 0.25) is 5.91 Å². The summed E-state index contributed by atoms with van der Waals surface area (Å²) in [6.07, 6.45) is 4.27. The Morgan fingerprint density at radius 2 is 2.00 bits per heavy atom. The van der Waals surface area contributed by atoms with E-state index in [0.717, 1.165) is 44.1 Å². The molecule has 0 unspecified atom stereocenters. The molecule has 140 valence electrons. The van der Waals surface area contributed by atoms with Crippen molar-refractivity contribution in [2.75, 3.05) is 13.7 Å². The molecule has 0 fully saturated rings. The Labute approximate surface area is 167 Å². The van der Waals surface area contributed by atoms with E-state index in [2.05, 4.69) is 21.2 Å². The smallest absolute Gasteiger partial charge is 0.244 e. The zero-order valence-electron chi connectivity index (χ0n) is 15.6. The summed E-state index contributed by atoms with van der Waals surface area (Å²) in [5.74, 6) is 0.577. The molecule has 0 saturated carbocycles. The van der Waals surface area contributed by atoms with E-state index in [4.69, 9.17) is 9.15 Å². The highest BCUT2D eigenvalue weighted by molar-refractivity contribution is 9.10. The number of amides is 1. The lowest BCUT2D eigenvalue weighted by atomic mass is 9.99. The summed E-state index contributed by atoms with van der Waals surface area (Å²) in [5.41, 5.74) is 4.53. The summed E-state index contributed by atoms with van der Waals surface area (Å²) >= 11 is 3.46. The molecule has 1 aromatic heterocycles. The van der Waals surface area contributed by atoms with Gasteiger partial charge in [0.25, 0.3) is 0 Å². The fraction of sp³-hybridized carbons (Fsp3) is 0.227. The number of allylic oxidation sites excluding steroid dienone is 1. The van der Waals surface area contributed by atoms with E-state index in [0.29, 0.717) is 12.3 Å². The molecule has 1 heterocycles. The van der Waals surface area contributed by atoms with Crippen LogP contribution < -0.4 is 10.1 Å². The van der Waals surface area contributed by atoms with Crippen molar-refractivity contribution < 1.29 is 13.9 Å². The van der Waals surface area contributed by atoms with Crippen LogP contribution in [0.5, 0.6) is 5.75 Å². The molecule has 3 rings (SSSR count). The number of hydrogen-bond donors (Lipinski definition) is 1. The van der Waals surface area contributed by atoms with Crippen molar-refractivity contribution >= 4 is 38.4 Å². The maximum Gasteiger partial charge on any atom is 0.244 e. The molecule has 0 bridgehead atoms. The van der Waals surface area contributed by atoms with Crippen molar-refractivity contribution in [2.24, 2.45) is 0 Å². The van der Waals surface area contributed by atoms with Gasteiger partial charge in [-0.25, -0.2) is 0 Å². The van der Waals surface area contributed by atoms with Gasteiger partial charge < -0.3 is 14.5 Å². The number of rotatable bonds is 6. The fourth-order valence-corrected chi connectivity index (χ4v) is 3.22. The zero-order chi connectivity index (χ0) is 19.4. The minimum atomic E-state index is -0.100. The number of hydrogen-bond acceptors (Lipinski definition) is 3. The molecule has 1 amide bonds. The van der Waals surface area contributed by atoms with E-state index in [1.807, 2.05) is 50.2 Å². The van der Waals surface area contributed by atoms with Crippen LogP contribution in [-0.4, -0.2) is 19.6 Å². The standard InChI is InChI=1S/C22H22BrNO3/c1-4-9-24-22(25)10-14(2)17-11-18-19(15-5-7-16(23)8-6-15)13-27-21(18)12-20(17)26-3/h5-8,10-13H,4,9H2,1-3H3,(H,24,25)/b14-10+. The fourth-order valence-electron chi connectivity index (χ4n) is 2.96. The van der Waals surface area contributed by atoms with Crippen LogP contribution in [0.15, 0.2) is 57.6 Å². The van der Waals surface area contributed by atoms with Crippen molar-refractivity contribution in [3.63, 3.8) is 0 Å². The average Bonchev–Trinajstić information content (AvgIpc) is 3.08. The van der Waals surface area contributed by atoms with Gasteiger partial charge >= 0.3 is 0 Å². The first-order valence-corrected chi connectivity index (χ1v) is 9.64. The molecule has 0 aliphatic rings. The Kier molecular flexibility index (Phi) is 6.01. The van der Waals surface area contributed by atoms with E-state index in [1.54, 1.807) is 19.4 Å². The number of benzene rings is 2. The number of furan rings is 1. The summed E-state index contributed by atoms with van der Waals surface area (Å²) in [6.45, 7) is 4.60. The highest BCUT2D eigenvalue weighted by atomic mass is 79.9. The maximum atomic E-state index is 12.1. The Morgan fingerprint density at radius 1 is 1.26 bits per heavy atom. The number of ether oxygens (including phenoxy) is 1. The third kappa shape index (κ3) is 4.25. The predicted molar refractivity (Wildman–Crippen MR) is 113 cm³/mol. The van der Waals surface area contributed by atoms with Crippen molar-refractivity contribution in [1.82, 2.24) is 5.32 Å². The Balaban J connectivity index is 2.07. The Hall–Kier alpha value is -2.53. The maximum absolute atomic E-state index is 12.1. The molecule has 2 aromatic carbocycles. The van der Waals surface area contributed by atoms with Gasteiger partial charge in [-0.15, -0.1) is 0 Å². The highest BCUT2D eigenvalue weighted by Crippen LogP contribution is 2.37. The lowest BCUT2D eigenvalue weighted by Gasteiger charge is -2.10. The molecular weight excluding hydrogens is 406 g/mol. The largest absolute Gasteiger partial charge is 0.496 e. The van der Waals surface area contributed by atoms with Gasteiger partial charge in [0.15, 0.2) is 0 Å². The summed E-state index contributed by atoms with van der Waals surface area (Å²) in [6, 6.07) is 12.0. The van der Waals surface area contributed by atoms with Crippen molar-refractivity contribution in [1.29, 1.82) is 0 Å².